The number of aromatic nitrogens is 2. The molecule has 0 radical (unpaired) electrons. The molecule has 1 heterocycles. The van der Waals surface area contributed by atoms with Crippen LogP contribution in [0.3, 0.4) is 0 Å². The number of H-pyrrole nitrogens is 1. The van der Waals surface area contributed by atoms with Crippen molar-refractivity contribution in [1.29, 1.82) is 0 Å². The van der Waals surface area contributed by atoms with Gasteiger partial charge in [-0.3, -0.25) is 0 Å². The van der Waals surface area contributed by atoms with E-state index in [1.807, 2.05) is 24.3 Å². The molecule has 0 aliphatic carbocycles. The van der Waals surface area contributed by atoms with Gasteiger partial charge in [0.25, 0.3) is 0 Å². The smallest absolute Gasteiger partial charge is 0.338 e. The number of carboxylic acids is 1. The summed E-state index contributed by atoms with van der Waals surface area (Å²) in [7, 11) is 0. The molecule has 0 fully saturated rings. The maximum absolute atomic E-state index is 13.4. The zero-order valence-electron chi connectivity index (χ0n) is 10.7. The third-order valence-electron chi connectivity index (χ3n) is 3.09. The Bertz CT molecular complexity index is 845. The second-order valence-electron chi connectivity index (χ2n) is 4.64. The molecular weight excluding hydrogens is 339 g/mol. The monoisotopic (exact) mass is 348 g/mol. The molecule has 4 nitrogen and oxygen atoms in total. The number of rotatable bonds is 3. The van der Waals surface area contributed by atoms with Gasteiger partial charge in [-0.15, -0.1) is 0 Å². The molecule has 0 amide bonds. The van der Waals surface area contributed by atoms with Crippen LogP contribution in [0.15, 0.2) is 40.9 Å². The van der Waals surface area contributed by atoms with Crippen LogP contribution >= 0.6 is 15.9 Å². The summed E-state index contributed by atoms with van der Waals surface area (Å²) in [6, 6.07) is 9.94. The highest BCUT2D eigenvalue weighted by atomic mass is 79.9. The van der Waals surface area contributed by atoms with Gasteiger partial charge in [-0.2, -0.15) is 0 Å². The molecule has 0 saturated heterocycles. The van der Waals surface area contributed by atoms with E-state index in [0.717, 1.165) is 16.1 Å². The van der Waals surface area contributed by atoms with Crippen molar-refractivity contribution < 1.29 is 14.3 Å². The van der Waals surface area contributed by atoms with Crippen molar-refractivity contribution in [2.75, 3.05) is 0 Å². The quantitative estimate of drug-likeness (QED) is 0.757. The molecule has 0 bridgehead atoms. The second kappa shape index (κ2) is 5.29. The molecule has 1 aromatic heterocycles. The molecule has 0 unspecified atom stereocenters. The molecule has 0 aliphatic rings. The molecule has 2 aromatic carbocycles. The summed E-state index contributed by atoms with van der Waals surface area (Å²) >= 11 is 3.39. The molecule has 6 heteroatoms. The van der Waals surface area contributed by atoms with Crippen molar-refractivity contribution in [1.82, 2.24) is 9.97 Å². The summed E-state index contributed by atoms with van der Waals surface area (Å²) < 4.78 is 14.4. The number of hydrogen-bond acceptors (Lipinski definition) is 2. The highest BCUT2D eigenvalue weighted by molar-refractivity contribution is 9.10. The van der Waals surface area contributed by atoms with Crippen LogP contribution in [-0.4, -0.2) is 21.0 Å². The second-order valence-corrected chi connectivity index (χ2v) is 5.56. The Labute approximate surface area is 127 Å². The molecule has 106 valence electrons. The van der Waals surface area contributed by atoms with Crippen molar-refractivity contribution in [3.63, 3.8) is 0 Å². The molecule has 3 aromatic rings. The molecule has 3 rings (SSSR count). The van der Waals surface area contributed by atoms with E-state index in [9.17, 15) is 9.18 Å². The Kier molecular flexibility index (Phi) is 3.47. The van der Waals surface area contributed by atoms with E-state index in [0.29, 0.717) is 17.8 Å². The maximum atomic E-state index is 13.4. The van der Waals surface area contributed by atoms with Gasteiger partial charge in [-0.1, -0.05) is 28.1 Å². The minimum absolute atomic E-state index is 0.137. The lowest BCUT2D eigenvalue weighted by Crippen LogP contribution is -1.98. The SMILES string of the molecule is O=C(O)c1cc(F)cc2[nH]c(Cc3cccc(Br)c3)nc12. The first kappa shape index (κ1) is 13.8. The van der Waals surface area contributed by atoms with Crippen LogP contribution in [0, 0.1) is 5.82 Å². The van der Waals surface area contributed by atoms with Crippen LogP contribution < -0.4 is 0 Å². The number of nitrogens with zero attached hydrogens (tertiary/aromatic N) is 1. The minimum Gasteiger partial charge on any atom is -0.478 e. The number of benzene rings is 2. The van der Waals surface area contributed by atoms with Crippen molar-refractivity contribution in [3.05, 3.63) is 63.6 Å². The molecule has 0 aliphatic heterocycles. The summed E-state index contributed by atoms with van der Waals surface area (Å²) in [6.07, 6.45) is 0.509. The van der Waals surface area contributed by atoms with Crippen LogP contribution in [0.5, 0.6) is 0 Å². The number of imidazole rings is 1. The zero-order valence-corrected chi connectivity index (χ0v) is 12.3. The summed E-state index contributed by atoms with van der Waals surface area (Å²) in [6.45, 7) is 0. The van der Waals surface area contributed by atoms with Gasteiger partial charge in [-0.05, 0) is 29.8 Å². The van der Waals surface area contributed by atoms with Crippen LogP contribution in [0.2, 0.25) is 0 Å². The third kappa shape index (κ3) is 2.80. The van der Waals surface area contributed by atoms with E-state index in [1.165, 1.54) is 6.07 Å². The summed E-state index contributed by atoms with van der Waals surface area (Å²) in [5.74, 6) is -1.20. The Balaban J connectivity index is 2.05. The van der Waals surface area contributed by atoms with Gasteiger partial charge >= 0.3 is 5.97 Å². The number of fused-ring (bicyclic) bond motifs is 1. The van der Waals surface area contributed by atoms with Crippen molar-refractivity contribution >= 4 is 32.9 Å². The van der Waals surface area contributed by atoms with Crippen molar-refractivity contribution in [2.24, 2.45) is 0 Å². The summed E-state index contributed by atoms with van der Waals surface area (Å²) in [4.78, 5) is 18.4. The number of carboxylic acid groups (broad SMARTS) is 1. The van der Waals surface area contributed by atoms with E-state index in [1.54, 1.807) is 0 Å². The predicted molar refractivity (Wildman–Crippen MR) is 80.0 cm³/mol. The molecule has 2 N–H and O–H groups in total. The number of halogens is 2. The van der Waals surface area contributed by atoms with Gasteiger partial charge in [-0.25, -0.2) is 14.2 Å². The topological polar surface area (TPSA) is 66.0 Å². The van der Waals surface area contributed by atoms with E-state index < -0.39 is 11.8 Å². The van der Waals surface area contributed by atoms with E-state index in [4.69, 9.17) is 5.11 Å². The lowest BCUT2D eigenvalue weighted by molar-refractivity contribution is 0.0698. The van der Waals surface area contributed by atoms with Gasteiger partial charge < -0.3 is 10.1 Å². The van der Waals surface area contributed by atoms with Gasteiger partial charge in [0.15, 0.2) is 0 Å². The molecular formula is C15H10BrFN2O2. The van der Waals surface area contributed by atoms with Gasteiger partial charge in [0.05, 0.1) is 11.1 Å². The normalized spacial score (nSPS) is 11.0. The van der Waals surface area contributed by atoms with Gasteiger partial charge in [0, 0.05) is 10.9 Å². The first-order valence-corrected chi connectivity index (χ1v) is 6.98. The lowest BCUT2D eigenvalue weighted by Gasteiger charge is -1.98. The first-order valence-electron chi connectivity index (χ1n) is 6.19. The number of nitrogens with one attached hydrogen (secondary N) is 1. The van der Waals surface area contributed by atoms with Crippen LogP contribution in [-0.2, 0) is 6.42 Å². The fourth-order valence-corrected chi connectivity index (χ4v) is 2.67. The Hall–Kier alpha value is -2.21. The molecule has 0 atom stereocenters. The fraction of sp³-hybridized carbons (Fsp3) is 0.0667. The van der Waals surface area contributed by atoms with Crippen LogP contribution in [0.25, 0.3) is 11.0 Å². The number of carbonyl (C=O) groups is 1. The average molecular weight is 349 g/mol. The van der Waals surface area contributed by atoms with Gasteiger partial charge in [0.1, 0.15) is 17.2 Å². The number of aromatic carboxylic acids is 1. The van der Waals surface area contributed by atoms with E-state index in [2.05, 4.69) is 25.9 Å². The number of aromatic amines is 1. The Morgan fingerprint density at radius 3 is 2.86 bits per heavy atom. The highest BCUT2D eigenvalue weighted by Crippen LogP contribution is 2.21. The largest absolute Gasteiger partial charge is 0.478 e. The summed E-state index contributed by atoms with van der Waals surface area (Å²) in [5.41, 5.74) is 1.54. The Morgan fingerprint density at radius 1 is 1.33 bits per heavy atom. The maximum Gasteiger partial charge on any atom is 0.338 e. The van der Waals surface area contributed by atoms with E-state index >= 15 is 0 Å². The van der Waals surface area contributed by atoms with Crippen LogP contribution in [0.1, 0.15) is 21.7 Å². The standard InChI is InChI=1S/C15H10BrFN2O2/c16-9-3-1-2-8(4-9)5-13-18-12-7-10(17)6-11(15(20)21)14(12)19-13/h1-4,6-7H,5H2,(H,18,19)(H,20,21). The summed E-state index contributed by atoms with van der Waals surface area (Å²) in [5, 5.41) is 9.12. The van der Waals surface area contributed by atoms with Crippen LogP contribution in [0.4, 0.5) is 4.39 Å². The average Bonchev–Trinajstić information content (AvgIpc) is 2.79. The minimum atomic E-state index is -1.19. The first-order chi connectivity index (χ1) is 10.0. The molecule has 21 heavy (non-hydrogen) atoms. The van der Waals surface area contributed by atoms with Crippen molar-refractivity contribution in [2.45, 2.75) is 6.42 Å². The Morgan fingerprint density at radius 2 is 2.14 bits per heavy atom. The third-order valence-corrected chi connectivity index (χ3v) is 3.58. The predicted octanol–water partition coefficient (Wildman–Crippen LogP) is 3.75. The lowest BCUT2D eigenvalue weighted by atomic mass is 10.1. The fourth-order valence-electron chi connectivity index (χ4n) is 2.22. The molecule has 0 spiro atoms. The number of hydrogen-bond donors (Lipinski definition) is 2. The van der Waals surface area contributed by atoms with E-state index in [-0.39, 0.29) is 11.1 Å². The molecule has 0 saturated carbocycles. The van der Waals surface area contributed by atoms with Crippen molar-refractivity contribution in [3.8, 4) is 0 Å². The van der Waals surface area contributed by atoms with Gasteiger partial charge in [0.2, 0.25) is 0 Å². The highest BCUT2D eigenvalue weighted by Gasteiger charge is 2.15. The zero-order chi connectivity index (χ0) is 15.0.